The van der Waals surface area contributed by atoms with Crippen LogP contribution in [0.15, 0.2) is 16.0 Å². The van der Waals surface area contributed by atoms with E-state index in [4.69, 9.17) is 4.74 Å². The van der Waals surface area contributed by atoms with Crippen LogP contribution in [0.4, 0.5) is 0 Å². The lowest BCUT2D eigenvalue weighted by Crippen LogP contribution is -2.18. The molecule has 0 unspecified atom stereocenters. The molecule has 1 aromatic rings. The first-order valence-electron chi connectivity index (χ1n) is 6.78. The van der Waals surface area contributed by atoms with Crippen LogP contribution < -0.4 is 0 Å². The number of esters is 1. The van der Waals surface area contributed by atoms with Gasteiger partial charge in [0.25, 0.3) is 0 Å². The third-order valence-corrected chi connectivity index (χ3v) is 5.53. The van der Waals surface area contributed by atoms with Gasteiger partial charge in [0.2, 0.25) is 0 Å². The zero-order valence-corrected chi connectivity index (χ0v) is 14.3. The van der Waals surface area contributed by atoms with Crippen LogP contribution in [0.3, 0.4) is 0 Å². The van der Waals surface area contributed by atoms with Crippen LogP contribution in [0.2, 0.25) is 0 Å². The number of nitrogens with zero attached hydrogens (tertiary/aromatic N) is 1. The number of hydrogen-bond acceptors (Lipinski definition) is 6. The van der Waals surface area contributed by atoms with Crippen molar-refractivity contribution in [2.75, 3.05) is 27.0 Å². The Hall–Kier alpha value is -1.27. The molecule has 114 valence electrons. The molecular weight excluding hydrogens is 306 g/mol. The topological polar surface area (TPSA) is 46.6 Å². The van der Waals surface area contributed by atoms with Gasteiger partial charge in [-0.1, -0.05) is 0 Å². The standard InChI is InChI=1S/C15H19NO3S2/c1-5-19-14(18)13-10-7-6-9(8-16(2)3)12(17)11(10)15(20-4)21-13/h8H,5-7H2,1-4H3/b9-8-. The van der Waals surface area contributed by atoms with Gasteiger partial charge in [-0.05, 0) is 31.6 Å². The lowest BCUT2D eigenvalue weighted by Gasteiger charge is -2.18. The van der Waals surface area contributed by atoms with Gasteiger partial charge < -0.3 is 9.64 Å². The molecule has 21 heavy (non-hydrogen) atoms. The van der Waals surface area contributed by atoms with Gasteiger partial charge in [0, 0.05) is 25.9 Å². The summed E-state index contributed by atoms with van der Waals surface area (Å²) in [5.41, 5.74) is 2.37. The molecule has 1 heterocycles. The van der Waals surface area contributed by atoms with E-state index in [1.807, 2.05) is 31.5 Å². The number of rotatable bonds is 4. The second kappa shape index (κ2) is 6.66. The highest BCUT2D eigenvalue weighted by Gasteiger charge is 2.32. The maximum atomic E-state index is 12.7. The molecule has 1 aromatic heterocycles. The first-order valence-corrected chi connectivity index (χ1v) is 8.82. The van der Waals surface area contributed by atoms with E-state index >= 15 is 0 Å². The average molecular weight is 325 g/mol. The SMILES string of the molecule is CCOC(=O)c1sc(SC)c2c1CC/C(=C/N(C)C)C2=O. The quantitative estimate of drug-likeness (QED) is 0.483. The Morgan fingerprint density at radius 1 is 1.43 bits per heavy atom. The summed E-state index contributed by atoms with van der Waals surface area (Å²) in [6.07, 6.45) is 5.18. The first-order chi connectivity index (χ1) is 9.99. The number of carbonyl (C=O) groups is 2. The molecular formula is C15H19NO3S2. The van der Waals surface area contributed by atoms with Crippen molar-refractivity contribution in [1.29, 1.82) is 0 Å². The number of fused-ring (bicyclic) bond motifs is 1. The smallest absolute Gasteiger partial charge is 0.348 e. The van der Waals surface area contributed by atoms with Gasteiger partial charge in [0.1, 0.15) is 4.88 Å². The van der Waals surface area contributed by atoms with Gasteiger partial charge in [-0.25, -0.2) is 4.79 Å². The van der Waals surface area contributed by atoms with Crippen LogP contribution in [-0.4, -0.2) is 43.6 Å². The van der Waals surface area contributed by atoms with Gasteiger partial charge in [-0.15, -0.1) is 23.1 Å². The molecule has 0 atom stereocenters. The summed E-state index contributed by atoms with van der Waals surface area (Å²) in [6.45, 7) is 2.14. The number of Topliss-reactive ketones (excluding diaryl/α,β-unsaturated/α-hetero) is 1. The van der Waals surface area contributed by atoms with Crippen LogP contribution >= 0.6 is 23.1 Å². The van der Waals surface area contributed by atoms with Crippen molar-refractivity contribution in [3.63, 3.8) is 0 Å². The van der Waals surface area contributed by atoms with Crippen LogP contribution in [0, 0.1) is 0 Å². The van der Waals surface area contributed by atoms with E-state index in [9.17, 15) is 9.59 Å². The molecule has 0 saturated heterocycles. The molecule has 0 radical (unpaired) electrons. The van der Waals surface area contributed by atoms with E-state index in [1.165, 1.54) is 23.1 Å². The molecule has 1 aliphatic rings. The minimum atomic E-state index is -0.313. The Labute approximate surface area is 133 Å². The number of hydrogen-bond donors (Lipinski definition) is 0. The third kappa shape index (κ3) is 3.16. The summed E-state index contributed by atoms with van der Waals surface area (Å²) < 4.78 is 6.01. The number of allylic oxidation sites excluding steroid dienone is 1. The molecule has 0 spiro atoms. The summed E-state index contributed by atoms with van der Waals surface area (Å²) in [4.78, 5) is 27.2. The largest absolute Gasteiger partial charge is 0.462 e. The molecule has 4 nitrogen and oxygen atoms in total. The normalized spacial score (nSPS) is 16.0. The molecule has 0 bridgehead atoms. The van der Waals surface area contributed by atoms with Crippen molar-refractivity contribution in [1.82, 2.24) is 4.90 Å². The molecule has 0 fully saturated rings. The predicted octanol–water partition coefficient (Wildman–Crippen LogP) is 3.22. The van der Waals surface area contributed by atoms with Crippen LogP contribution in [0.25, 0.3) is 0 Å². The van der Waals surface area contributed by atoms with E-state index in [-0.39, 0.29) is 11.8 Å². The van der Waals surface area contributed by atoms with Crippen molar-refractivity contribution in [3.05, 3.63) is 27.8 Å². The fourth-order valence-corrected chi connectivity index (χ4v) is 4.36. The number of thiophene rings is 1. The highest BCUT2D eigenvalue weighted by atomic mass is 32.2. The number of thioether (sulfide) groups is 1. The Morgan fingerprint density at radius 3 is 2.71 bits per heavy atom. The van der Waals surface area contributed by atoms with E-state index < -0.39 is 0 Å². The molecule has 6 heteroatoms. The molecule has 0 amide bonds. The predicted molar refractivity (Wildman–Crippen MR) is 86.5 cm³/mol. The Bertz CT molecular complexity index is 602. The highest BCUT2D eigenvalue weighted by Crippen LogP contribution is 2.41. The van der Waals surface area contributed by atoms with Gasteiger partial charge >= 0.3 is 5.97 Å². The number of carbonyl (C=O) groups excluding carboxylic acids is 2. The van der Waals surface area contributed by atoms with Crippen LogP contribution in [-0.2, 0) is 11.2 Å². The minimum absolute atomic E-state index is 0.0427. The second-order valence-electron chi connectivity index (χ2n) is 4.94. The van der Waals surface area contributed by atoms with Crippen molar-refractivity contribution >= 4 is 34.9 Å². The van der Waals surface area contributed by atoms with E-state index in [2.05, 4.69) is 0 Å². The maximum absolute atomic E-state index is 12.7. The molecule has 0 aromatic carbocycles. The van der Waals surface area contributed by atoms with Gasteiger partial charge in [0.15, 0.2) is 5.78 Å². The van der Waals surface area contributed by atoms with Crippen molar-refractivity contribution in [2.45, 2.75) is 24.0 Å². The summed E-state index contributed by atoms with van der Waals surface area (Å²) in [7, 11) is 3.81. The fourth-order valence-electron chi connectivity index (χ4n) is 2.38. The lowest BCUT2D eigenvalue weighted by molar-refractivity contribution is 0.0531. The van der Waals surface area contributed by atoms with Crippen molar-refractivity contribution in [2.24, 2.45) is 0 Å². The molecule has 0 aliphatic heterocycles. The van der Waals surface area contributed by atoms with E-state index in [0.29, 0.717) is 29.9 Å². The number of ketones is 1. The number of ether oxygens (including phenoxy) is 1. The summed E-state index contributed by atoms with van der Waals surface area (Å²) >= 11 is 2.89. The molecule has 1 aliphatic carbocycles. The van der Waals surface area contributed by atoms with Crippen LogP contribution in [0.1, 0.15) is 38.9 Å². The minimum Gasteiger partial charge on any atom is -0.462 e. The Balaban J connectivity index is 2.48. The zero-order valence-electron chi connectivity index (χ0n) is 12.7. The van der Waals surface area contributed by atoms with Gasteiger partial charge in [-0.2, -0.15) is 0 Å². The monoisotopic (exact) mass is 325 g/mol. The van der Waals surface area contributed by atoms with Gasteiger partial charge in [-0.3, -0.25) is 4.79 Å². The summed E-state index contributed by atoms with van der Waals surface area (Å²) in [5, 5.41) is 0. The van der Waals surface area contributed by atoms with Gasteiger partial charge in [0.05, 0.1) is 16.4 Å². The summed E-state index contributed by atoms with van der Waals surface area (Å²) in [6, 6.07) is 0. The Morgan fingerprint density at radius 2 is 2.14 bits per heavy atom. The maximum Gasteiger partial charge on any atom is 0.348 e. The lowest BCUT2D eigenvalue weighted by atomic mass is 9.89. The molecule has 2 rings (SSSR count). The van der Waals surface area contributed by atoms with Crippen LogP contribution in [0.5, 0.6) is 0 Å². The molecule has 0 saturated carbocycles. The third-order valence-electron chi connectivity index (χ3n) is 3.20. The average Bonchev–Trinajstić information content (AvgIpc) is 2.81. The molecule has 0 N–H and O–H groups in total. The zero-order chi connectivity index (χ0) is 15.6. The Kier molecular flexibility index (Phi) is 5.11. The second-order valence-corrected chi connectivity index (χ2v) is 7.04. The fraction of sp³-hybridized carbons (Fsp3) is 0.467. The highest BCUT2D eigenvalue weighted by molar-refractivity contribution is 8.00. The first kappa shape index (κ1) is 16.1. The van der Waals surface area contributed by atoms with Crippen molar-refractivity contribution < 1.29 is 14.3 Å². The van der Waals surface area contributed by atoms with E-state index in [1.54, 1.807) is 6.92 Å². The summed E-state index contributed by atoms with van der Waals surface area (Å²) in [5.74, 6) is -0.270. The van der Waals surface area contributed by atoms with E-state index in [0.717, 1.165) is 15.3 Å². The van der Waals surface area contributed by atoms with Crippen molar-refractivity contribution in [3.8, 4) is 0 Å².